The van der Waals surface area contributed by atoms with E-state index in [9.17, 15) is 13.2 Å². The zero-order chi connectivity index (χ0) is 14.2. The lowest BCUT2D eigenvalue weighted by Gasteiger charge is -2.35. The summed E-state index contributed by atoms with van der Waals surface area (Å²) in [6, 6.07) is 0. The number of alkyl halides is 3. The molecule has 3 fully saturated rings. The van der Waals surface area contributed by atoms with E-state index in [-0.39, 0.29) is 0 Å². The van der Waals surface area contributed by atoms with E-state index >= 15 is 0 Å². The van der Waals surface area contributed by atoms with E-state index in [1.165, 1.54) is 24.2 Å². The van der Waals surface area contributed by atoms with Crippen LogP contribution < -0.4 is 5.32 Å². The number of hydrogen-bond acceptors (Lipinski definition) is 3. The minimum atomic E-state index is -4.06. The lowest BCUT2D eigenvalue weighted by Crippen LogP contribution is -2.49. The van der Waals surface area contributed by atoms with Crippen LogP contribution in [0, 0.1) is 11.3 Å². The van der Waals surface area contributed by atoms with Crippen molar-refractivity contribution in [1.82, 2.24) is 15.1 Å². The van der Waals surface area contributed by atoms with Gasteiger partial charge in [0.25, 0.3) is 0 Å². The first kappa shape index (κ1) is 14.6. The molecule has 2 aliphatic heterocycles. The summed E-state index contributed by atoms with van der Waals surface area (Å²) in [4.78, 5) is 3.90. The molecular weight excluding hydrogens is 267 g/mol. The molecule has 1 spiro atoms. The molecule has 1 saturated carbocycles. The molecule has 6 heteroatoms. The highest BCUT2D eigenvalue weighted by Gasteiger charge is 2.53. The van der Waals surface area contributed by atoms with Crippen molar-refractivity contribution in [2.75, 3.05) is 52.4 Å². The fourth-order valence-electron chi connectivity index (χ4n) is 3.92. The van der Waals surface area contributed by atoms with Crippen LogP contribution in [-0.4, -0.2) is 68.3 Å². The van der Waals surface area contributed by atoms with Gasteiger partial charge in [-0.1, -0.05) is 0 Å². The summed E-state index contributed by atoms with van der Waals surface area (Å²) in [5, 5.41) is 3.41. The minimum Gasteiger partial charge on any atom is -0.317 e. The van der Waals surface area contributed by atoms with Crippen LogP contribution in [0.1, 0.15) is 19.3 Å². The van der Waals surface area contributed by atoms with Gasteiger partial charge in [0, 0.05) is 32.7 Å². The van der Waals surface area contributed by atoms with Crippen LogP contribution in [0.15, 0.2) is 0 Å². The van der Waals surface area contributed by atoms with Crippen molar-refractivity contribution in [2.24, 2.45) is 11.3 Å². The SMILES string of the molecule is FC(F)(F)CN1CCN(CC2CC23CCNCC3)CC1. The predicted octanol–water partition coefficient (Wildman–Crippen LogP) is 1.56. The molecular formula is C14H24F3N3. The molecule has 0 aromatic rings. The molecule has 1 atom stereocenters. The third-order valence-electron chi connectivity index (χ3n) is 5.30. The van der Waals surface area contributed by atoms with Gasteiger partial charge in [0.2, 0.25) is 0 Å². The number of rotatable bonds is 3. The summed E-state index contributed by atoms with van der Waals surface area (Å²) in [5.41, 5.74) is 0.578. The lowest BCUT2D eigenvalue weighted by molar-refractivity contribution is -0.149. The number of nitrogens with one attached hydrogen (secondary N) is 1. The van der Waals surface area contributed by atoms with E-state index in [0.29, 0.717) is 18.5 Å². The molecule has 3 nitrogen and oxygen atoms in total. The van der Waals surface area contributed by atoms with Crippen LogP contribution >= 0.6 is 0 Å². The zero-order valence-corrected chi connectivity index (χ0v) is 11.9. The Hall–Kier alpha value is -0.330. The van der Waals surface area contributed by atoms with Gasteiger partial charge in [-0.2, -0.15) is 13.2 Å². The quantitative estimate of drug-likeness (QED) is 0.851. The molecule has 3 rings (SSSR count). The van der Waals surface area contributed by atoms with Crippen molar-refractivity contribution < 1.29 is 13.2 Å². The Balaban J connectivity index is 1.39. The van der Waals surface area contributed by atoms with Gasteiger partial charge in [-0.3, -0.25) is 4.90 Å². The van der Waals surface area contributed by atoms with Crippen molar-refractivity contribution in [3.05, 3.63) is 0 Å². The second-order valence-electron chi connectivity index (χ2n) is 6.71. The second-order valence-corrected chi connectivity index (χ2v) is 6.71. The zero-order valence-electron chi connectivity index (χ0n) is 11.9. The van der Waals surface area contributed by atoms with Gasteiger partial charge >= 0.3 is 6.18 Å². The highest BCUT2D eigenvalue weighted by atomic mass is 19.4. The number of halogens is 3. The van der Waals surface area contributed by atoms with Crippen LogP contribution in [0.3, 0.4) is 0 Å². The summed E-state index contributed by atoms with van der Waals surface area (Å²) in [7, 11) is 0. The lowest BCUT2D eigenvalue weighted by atomic mass is 9.92. The van der Waals surface area contributed by atoms with Crippen molar-refractivity contribution in [3.63, 3.8) is 0 Å². The molecule has 2 saturated heterocycles. The molecule has 2 heterocycles. The van der Waals surface area contributed by atoms with Gasteiger partial charge in [-0.15, -0.1) is 0 Å². The normalized spacial score (nSPS) is 31.6. The highest BCUT2D eigenvalue weighted by Crippen LogP contribution is 2.58. The number of piperidine rings is 1. The van der Waals surface area contributed by atoms with Crippen LogP contribution in [0.5, 0.6) is 0 Å². The Kier molecular flexibility index (Phi) is 3.99. The molecule has 0 amide bonds. The molecule has 0 aromatic carbocycles. The molecule has 1 N–H and O–H groups in total. The molecule has 3 aliphatic rings. The molecule has 0 bridgehead atoms. The standard InChI is InChI=1S/C14H24F3N3/c15-14(16,17)11-20-7-5-19(6-8-20)10-12-9-13(12)1-3-18-4-2-13/h12,18H,1-11H2. The topological polar surface area (TPSA) is 18.5 Å². The average molecular weight is 291 g/mol. The van der Waals surface area contributed by atoms with Gasteiger partial charge in [-0.05, 0) is 43.7 Å². The first-order valence-corrected chi connectivity index (χ1v) is 7.69. The Labute approximate surface area is 118 Å². The summed E-state index contributed by atoms with van der Waals surface area (Å²) in [6.45, 7) is 5.31. The maximum atomic E-state index is 12.3. The van der Waals surface area contributed by atoms with E-state index in [2.05, 4.69) is 10.2 Å². The fourth-order valence-corrected chi connectivity index (χ4v) is 3.92. The molecule has 116 valence electrons. The van der Waals surface area contributed by atoms with Crippen LogP contribution in [0.2, 0.25) is 0 Å². The maximum Gasteiger partial charge on any atom is 0.401 e. The van der Waals surface area contributed by atoms with Crippen molar-refractivity contribution in [1.29, 1.82) is 0 Å². The Bertz CT molecular complexity index is 331. The largest absolute Gasteiger partial charge is 0.401 e. The van der Waals surface area contributed by atoms with Crippen LogP contribution in [-0.2, 0) is 0 Å². The van der Waals surface area contributed by atoms with E-state index in [1.54, 1.807) is 0 Å². The highest BCUT2D eigenvalue weighted by molar-refractivity contribution is 5.05. The van der Waals surface area contributed by atoms with Crippen molar-refractivity contribution in [3.8, 4) is 0 Å². The van der Waals surface area contributed by atoms with E-state index < -0.39 is 12.7 Å². The summed E-state index contributed by atoms with van der Waals surface area (Å²) in [6.07, 6.45) is -0.160. The molecule has 0 radical (unpaired) electrons. The van der Waals surface area contributed by atoms with Gasteiger partial charge in [0.05, 0.1) is 6.54 Å². The Morgan fingerprint density at radius 2 is 1.60 bits per heavy atom. The summed E-state index contributed by atoms with van der Waals surface area (Å²) in [5.74, 6) is 0.791. The molecule has 20 heavy (non-hydrogen) atoms. The van der Waals surface area contributed by atoms with E-state index in [4.69, 9.17) is 0 Å². The number of piperazine rings is 1. The third-order valence-corrected chi connectivity index (χ3v) is 5.30. The molecule has 1 unspecified atom stereocenters. The summed E-state index contributed by atoms with van der Waals surface area (Å²) < 4.78 is 37.0. The van der Waals surface area contributed by atoms with Crippen LogP contribution in [0.4, 0.5) is 13.2 Å². The van der Waals surface area contributed by atoms with Gasteiger partial charge < -0.3 is 10.2 Å². The van der Waals surface area contributed by atoms with Crippen LogP contribution in [0.25, 0.3) is 0 Å². The summed E-state index contributed by atoms with van der Waals surface area (Å²) >= 11 is 0. The monoisotopic (exact) mass is 291 g/mol. The van der Waals surface area contributed by atoms with Crippen molar-refractivity contribution in [2.45, 2.75) is 25.4 Å². The predicted molar refractivity (Wildman–Crippen MR) is 71.6 cm³/mol. The van der Waals surface area contributed by atoms with E-state index in [0.717, 1.165) is 38.6 Å². The van der Waals surface area contributed by atoms with E-state index in [1.807, 2.05) is 0 Å². The van der Waals surface area contributed by atoms with Gasteiger partial charge in [0.15, 0.2) is 0 Å². The number of hydrogen-bond donors (Lipinski definition) is 1. The van der Waals surface area contributed by atoms with Crippen molar-refractivity contribution >= 4 is 0 Å². The average Bonchev–Trinajstić information content (AvgIpc) is 3.03. The third kappa shape index (κ3) is 3.46. The number of nitrogens with zero attached hydrogens (tertiary/aromatic N) is 2. The Morgan fingerprint density at radius 1 is 1.00 bits per heavy atom. The molecule has 1 aliphatic carbocycles. The Morgan fingerprint density at radius 3 is 2.20 bits per heavy atom. The van der Waals surface area contributed by atoms with Gasteiger partial charge in [0.1, 0.15) is 0 Å². The first-order valence-electron chi connectivity index (χ1n) is 7.69. The van der Waals surface area contributed by atoms with Gasteiger partial charge in [-0.25, -0.2) is 0 Å². The maximum absolute atomic E-state index is 12.3. The fraction of sp³-hybridized carbons (Fsp3) is 1.00. The smallest absolute Gasteiger partial charge is 0.317 e. The minimum absolute atomic E-state index is 0.556. The first-order chi connectivity index (χ1) is 9.47. The molecule has 0 aromatic heterocycles. The second kappa shape index (κ2) is 5.46.